The van der Waals surface area contributed by atoms with Crippen molar-refractivity contribution in [2.45, 2.75) is 13.3 Å². The van der Waals surface area contributed by atoms with Crippen LogP contribution in [0.5, 0.6) is 0 Å². The van der Waals surface area contributed by atoms with Crippen LogP contribution >= 0.6 is 11.6 Å². The molecule has 0 aliphatic rings. The molecule has 0 bridgehead atoms. The average molecular weight is 456 g/mol. The van der Waals surface area contributed by atoms with Crippen molar-refractivity contribution < 1.29 is 9.59 Å². The molecule has 0 unspecified atom stereocenters. The number of fused-ring (bicyclic) bond motifs is 1. The van der Waals surface area contributed by atoms with Gasteiger partial charge in [-0.25, -0.2) is 5.43 Å². The molecular formula is C27H22ClN3O2. The zero-order valence-electron chi connectivity index (χ0n) is 18.0. The van der Waals surface area contributed by atoms with E-state index >= 15 is 0 Å². The van der Waals surface area contributed by atoms with Gasteiger partial charge in [-0.3, -0.25) is 9.59 Å². The third-order valence-corrected chi connectivity index (χ3v) is 5.48. The van der Waals surface area contributed by atoms with Crippen LogP contribution in [0.3, 0.4) is 0 Å². The predicted octanol–water partition coefficient (Wildman–Crippen LogP) is 5.83. The molecule has 0 radical (unpaired) electrons. The Morgan fingerprint density at radius 3 is 2.39 bits per heavy atom. The number of anilines is 1. The van der Waals surface area contributed by atoms with Gasteiger partial charge in [0.15, 0.2) is 0 Å². The quantitative estimate of drug-likeness (QED) is 0.283. The third kappa shape index (κ3) is 5.64. The summed E-state index contributed by atoms with van der Waals surface area (Å²) in [6, 6.07) is 27.9. The van der Waals surface area contributed by atoms with E-state index in [1.54, 1.807) is 37.3 Å². The molecule has 2 N–H and O–H groups in total. The molecule has 6 heteroatoms. The van der Waals surface area contributed by atoms with Crippen LogP contribution in [0.1, 0.15) is 28.4 Å². The number of carbonyl (C=O) groups excluding carboxylic acids is 2. The minimum absolute atomic E-state index is 0.196. The maximum atomic E-state index is 12.5. The second-order valence-electron chi connectivity index (χ2n) is 7.59. The first kappa shape index (κ1) is 22.2. The van der Waals surface area contributed by atoms with Crippen molar-refractivity contribution in [2.75, 3.05) is 5.32 Å². The summed E-state index contributed by atoms with van der Waals surface area (Å²) in [5.41, 5.74) is 6.14. The van der Waals surface area contributed by atoms with Crippen molar-refractivity contribution in [3.05, 3.63) is 113 Å². The Morgan fingerprint density at radius 1 is 0.848 bits per heavy atom. The molecule has 0 heterocycles. The van der Waals surface area contributed by atoms with Crippen molar-refractivity contribution in [3.8, 4) is 0 Å². The van der Waals surface area contributed by atoms with Crippen LogP contribution in [0.2, 0.25) is 5.02 Å². The minimum atomic E-state index is -0.234. The van der Waals surface area contributed by atoms with Gasteiger partial charge in [0, 0.05) is 16.3 Å². The van der Waals surface area contributed by atoms with Crippen LogP contribution in [0, 0.1) is 0 Å². The highest BCUT2D eigenvalue weighted by atomic mass is 35.5. The Morgan fingerprint density at radius 2 is 1.58 bits per heavy atom. The largest absolute Gasteiger partial charge is 0.322 e. The third-order valence-electron chi connectivity index (χ3n) is 5.22. The molecule has 33 heavy (non-hydrogen) atoms. The topological polar surface area (TPSA) is 70.6 Å². The Kier molecular flexibility index (Phi) is 6.81. The van der Waals surface area contributed by atoms with E-state index < -0.39 is 0 Å². The minimum Gasteiger partial charge on any atom is -0.322 e. The molecule has 0 spiro atoms. The molecule has 0 saturated heterocycles. The van der Waals surface area contributed by atoms with E-state index in [-0.39, 0.29) is 18.2 Å². The van der Waals surface area contributed by atoms with Crippen LogP contribution in [0.4, 0.5) is 5.69 Å². The Balaban J connectivity index is 1.41. The molecule has 2 amide bonds. The second kappa shape index (κ2) is 10.1. The van der Waals surface area contributed by atoms with Gasteiger partial charge >= 0.3 is 0 Å². The summed E-state index contributed by atoms with van der Waals surface area (Å²) in [6.45, 7) is 1.80. The summed E-state index contributed by atoms with van der Waals surface area (Å²) >= 11 is 5.88. The van der Waals surface area contributed by atoms with Gasteiger partial charge in [-0.05, 0) is 65.2 Å². The fourth-order valence-corrected chi connectivity index (χ4v) is 3.62. The fourth-order valence-electron chi connectivity index (χ4n) is 3.50. The highest BCUT2D eigenvalue weighted by Crippen LogP contribution is 2.19. The summed E-state index contributed by atoms with van der Waals surface area (Å²) in [6.07, 6.45) is 0.231. The van der Waals surface area contributed by atoms with E-state index in [0.29, 0.717) is 22.0 Å². The number of carbonyl (C=O) groups is 2. The number of benzene rings is 4. The second-order valence-corrected chi connectivity index (χ2v) is 8.03. The molecule has 0 aromatic heterocycles. The van der Waals surface area contributed by atoms with Crippen LogP contribution in [-0.2, 0) is 11.2 Å². The standard InChI is InChI=1S/C27H22ClN3O2/c1-18(30-31-26(32)17-22-9-4-7-19-6-2-3-11-25(19)22)21-8-5-10-24(16-21)29-27(33)20-12-14-23(28)15-13-20/h2-16H,17H2,1H3,(H,29,33)(H,31,32)/b30-18-. The van der Waals surface area contributed by atoms with Gasteiger partial charge in [0.2, 0.25) is 5.91 Å². The molecule has 0 atom stereocenters. The Hall–Kier alpha value is -3.96. The smallest absolute Gasteiger partial charge is 0.255 e. The number of hydrogen-bond acceptors (Lipinski definition) is 3. The molecule has 4 aromatic carbocycles. The number of hydrogen-bond donors (Lipinski definition) is 2. The van der Waals surface area contributed by atoms with Crippen molar-refractivity contribution in [3.63, 3.8) is 0 Å². The van der Waals surface area contributed by atoms with Crippen LogP contribution in [0.15, 0.2) is 96.1 Å². The lowest BCUT2D eigenvalue weighted by Crippen LogP contribution is -2.21. The van der Waals surface area contributed by atoms with Crippen LogP contribution < -0.4 is 10.7 Å². The monoisotopic (exact) mass is 455 g/mol. The molecule has 4 aromatic rings. The number of amides is 2. The van der Waals surface area contributed by atoms with Crippen molar-refractivity contribution in [1.29, 1.82) is 0 Å². The summed E-state index contributed by atoms with van der Waals surface area (Å²) in [5.74, 6) is -0.431. The van der Waals surface area contributed by atoms with Gasteiger partial charge in [-0.2, -0.15) is 5.10 Å². The number of nitrogens with zero attached hydrogens (tertiary/aromatic N) is 1. The van der Waals surface area contributed by atoms with Gasteiger partial charge in [0.05, 0.1) is 12.1 Å². The summed E-state index contributed by atoms with van der Waals surface area (Å²) in [5, 5.41) is 9.84. The fraction of sp³-hybridized carbons (Fsp3) is 0.0741. The SMILES string of the molecule is C/C(=N/NC(=O)Cc1cccc2ccccc12)c1cccc(NC(=O)c2ccc(Cl)cc2)c1. The molecule has 0 saturated carbocycles. The highest BCUT2D eigenvalue weighted by Gasteiger charge is 2.09. The lowest BCUT2D eigenvalue weighted by molar-refractivity contribution is -0.120. The molecule has 0 aliphatic carbocycles. The normalized spacial score (nSPS) is 11.3. The predicted molar refractivity (Wildman–Crippen MR) is 134 cm³/mol. The summed E-state index contributed by atoms with van der Waals surface area (Å²) in [7, 11) is 0. The molecular weight excluding hydrogens is 434 g/mol. The molecule has 0 aliphatic heterocycles. The van der Waals surface area contributed by atoms with E-state index in [2.05, 4.69) is 15.8 Å². The number of halogens is 1. The van der Waals surface area contributed by atoms with E-state index in [4.69, 9.17) is 11.6 Å². The van der Waals surface area contributed by atoms with Gasteiger partial charge in [-0.15, -0.1) is 0 Å². The maximum absolute atomic E-state index is 12.5. The van der Waals surface area contributed by atoms with Gasteiger partial charge in [0.1, 0.15) is 0 Å². The lowest BCUT2D eigenvalue weighted by Gasteiger charge is -2.09. The maximum Gasteiger partial charge on any atom is 0.255 e. The molecule has 0 fully saturated rings. The zero-order valence-corrected chi connectivity index (χ0v) is 18.8. The van der Waals surface area contributed by atoms with E-state index in [0.717, 1.165) is 21.9 Å². The summed E-state index contributed by atoms with van der Waals surface area (Å²) < 4.78 is 0. The summed E-state index contributed by atoms with van der Waals surface area (Å²) in [4.78, 5) is 24.9. The number of hydrazone groups is 1. The van der Waals surface area contributed by atoms with Gasteiger partial charge in [-0.1, -0.05) is 66.2 Å². The van der Waals surface area contributed by atoms with Crippen molar-refractivity contribution in [1.82, 2.24) is 5.43 Å². The van der Waals surface area contributed by atoms with Crippen LogP contribution in [0.25, 0.3) is 10.8 Å². The molecule has 5 nitrogen and oxygen atoms in total. The van der Waals surface area contributed by atoms with Crippen molar-refractivity contribution in [2.24, 2.45) is 5.10 Å². The average Bonchev–Trinajstić information content (AvgIpc) is 2.83. The van der Waals surface area contributed by atoms with E-state index in [1.165, 1.54) is 0 Å². The van der Waals surface area contributed by atoms with E-state index in [1.807, 2.05) is 60.7 Å². The van der Waals surface area contributed by atoms with E-state index in [9.17, 15) is 9.59 Å². The Bertz CT molecular complexity index is 1340. The highest BCUT2D eigenvalue weighted by molar-refractivity contribution is 6.30. The van der Waals surface area contributed by atoms with Crippen LogP contribution in [-0.4, -0.2) is 17.5 Å². The first-order chi connectivity index (χ1) is 16.0. The molecule has 164 valence electrons. The molecule has 4 rings (SSSR count). The van der Waals surface area contributed by atoms with Gasteiger partial charge < -0.3 is 5.32 Å². The van der Waals surface area contributed by atoms with Gasteiger partial charge in [0.25, 0.3) is 5.91 Å². The zero-order chi connectivity index (χ0) is 23.2. The van der Waals surface area contributed by atoms with Crippen molar-refractivity contribution >= 4 is 45.6 Å². The first-order valence-corrected chi connectivity index (χ1v) is 10.8. The first-order valence-electron chi connectivity index (χ1n) is 10.5. The Labute approximate surface area is 197 Å². The number of nitrogens with one attached hydrogen (secondary N) is 2. The number of rotatable bonds is 6. The lowest BCUT2D eigenvalue weighted by atomic mass is 10.0.